The maximum atomic E-state index is 12.1. The predicted octanol–water partition coefficient (Wildman–Crippen LogP) is 2.68. The number of amides is 1. The molecular formula is C18H23ClN4O. The number of halogens is 1. The van der Waals surface area contributed by atoms with Crippen LogP contribution in [-0.4, -0.2) is 49.5 Å². The average Bonchev–Trinajstić information content (AvgIpc) is 2.55. The highest BCUT2D eigenvalue weighted by Crippen LogP contribution is 2.12. The van der Waals surface area contributed by atoms with Gasteiger partial charge in [0, 0.05) is 36.4 Å². The summed E-state index contributed by atoms with van der Waals surface area (Å²) >= 11 is 5.98. The van der Waals surface area contributed by atoms with Gasteiger partial charge in [-0.05, 0) is 50.3 Å². The Bertz CT molecular complexity index is 676. The van der Waals surface area contributed by atoms with Gasteiger partial charge in [-0.15, -0.1) is 0 Å². The highest BCUT2D eigenvalue weighted by atomic mass is 35.5. The van der Waals surface area contributed by atoms with Crippen molar-refractivity contribution in [1.29, 1.82) is 0 Å². The zero-order valence-electron chi connectivity index (χ0n) is 14.1. The van der Waals surface area contributed by atoms with Crippen molar-refractivity contribution in [3.8, 4) is 0 Å². The summed E-state index contributed by atoms with van der Waals surface area (Å²) < 4.78 is 0. The largest absolute Gasteiger partial charge is 0.370 e. The third-order valence-electron chi connectivity index (χ3n) is 3.48. The van der Waals surface area contributed by atoms with Crippen molar-refractivity contribution in [3.05, 3.63) is 58.7 Å². The molecular weight excluding hydrogens is 324 g/mol. The number of hydrogen-bond acceptors (Lipinski definition) is 4. The molecule has 0 atom stereocenters. The fraction of sp³-hybridized carbons (Fsp3) is 0.333. The molecule has 2 N–H and O–H groups in total. The van der Waals surface area contributed by atoms with Gasteiger partial charge in [0.1, 0.15) is 5.82 Å². The van der Waals surface area contributed by atoms with Crippen LogP contribution in [0.3, 0.4) is 0 Å². The minimum atomic E-state index is -0.0860. The second kappa shape index (κ2) is 9.25. The highest BCUT2D eigenvalue weighted by molar-refractivity contribution is 6.30. The van der Waals surface area contributed by atoms with E-state index in [-0.39, 0.29) is 5.91 Å². The quantitative estimate of drug-likeness (QED) is 0.771. The Labute approximate surface area is 148 Å². The number of anilines is 1. The first-order valence-electron chi connectivity index (χ1n) is 7.92. The van der Waals surface area contributed by atoms with Crippen LogP contribution >= 0.6 is 11.6 Å². The number of rotatable bonds is 8. The molecule has 24 heavy (non-hydrogen) atoms. The minimum Gasteiger partial charge on any atom is -0.370 e. The van der Waals surface area contributed by atoms with Gasteiger partial charge in [0.2, 0.25) is 0 Å². The summed E-state index contributed by atoms with van der Waals surface area (Å²) in [5.41, 5.74) is 1.77. The van der Waals surface area contributed by atoms with E-state index in [0.29, 0.717) is 17.9 Å². The van der Waals surface area contributed by atoms with E-state index in [2.05, 4.69) is 15.6 Å². The summed E-state index contributed by atoms with van der Waals surface area (Å²) in [6.07, 6.45) is 2.48. The van der Waals surface area contributed by atoms with Crippen molar-refractivity contribution in [2.24, 2.45) is 0 Å². The first-order valence-corrected chi connectivity index (χ1v) is 8.29. The van der Waals surface area contributed by atoms with Crippen molar-refractivity contribution in [2.75, 3.05) is 39.0 Å². The van der Waals surface area contributed by atoms with Crippen LogP contribution in [0.15, 0.2) is 42.6 Å². The molecule has 0 bridgehead atoms. The summed E-state index contributed by atoms with van der Waals surface area (Å²) in [6.45, 7) is 2.15. The van der Waals surface area contributed by atoms with Gasteiger partial charge in [-0.2, -0.15) is 0 Å². The molecule has 0 spiro atoms. The van der Waals surface area contributed by atoms with Crippen molar-refractivity contribution in [1.82, 2.24) is 15.2 Å². The standard InChI is InChI=1S/C18H23ClN4O/c1-23(2)11-10-22-18(24)15-7-9-21-17(13-15)20-8-6-14-4-3-5-16(19)12-14/h3-5,7,9,12-13H,6,8,10-11H2,1-2H3,(H,20,21)(H,22,24). The van der Waals surface area contributed by atoms with Crippen LogP contribution in [0.2, 0.25) is 5.02 Å². The summed E-state index contributed by atoms with van der Waals surface area (Å²) in [5.74, 6) is 0.606. The number of likely N-dealkylation sites (N-methyl/N-ethyl adjacent to an activating group) is 1. The Kier molecular flexibility index (Phi) is 7.03. The lowest BCUT2D eigenvalue weighted by Crippen LogP contribution is -2.31. The fourth-order valence-electron chi connectivity index (χ4n) is 2.19. The minimum absolute atomic E-state index is 0.0860. The number of carbonyl (C=O) groups excluding carboxylic acids is 1. The van der Waals surface area contributed by atoms with E-state index in [4.69, 9.17) is 11.6 Å². The molecule has 1 aromatic carbocycles. The van der Waals surface area contributed by atoms with Crippen molar-refractivity contribution < 1.29 is 4.79 Å². The van der Waals surface area contributed by atoms with Gasteiger partial charge >= 0.3 is 0 Å². The third-order valence-corrected chi connectivity index (χ3v) is 3.71. The molecule has 2 rings (SSSR count). The Morgan fingerprint density at radius 1 is 1.21 bits per heavy atom. The topological polar surface area (TPSA) is 57.3 Å². The first kappa shape index (κ1) is 18.2. The summed E-state index contributed by atoms with van der Waals surface area (Å²) in [5, 5.41) is 6.87. The summed E-state index contributed by atoms with van der Waals surface area (Å²) in [4.78, 5) is 18.4. The van der Waals surface area contributed by atoms with E-state index in [1.54, 1.807) is 18.3 Å². The lowest BCUT2D eigenvalue weighted by molar-refractivity contribution is 0.0951. The van der Waals surface area contributed by atoms with E-state index in [1.807, 2.05) is 43.3 Å². The second-order valence-electron chi connectivity index (χ2n) is 5.80. The average molecular weight is 347 g/mol. The number of carbonyl (C=O) groups is 1. The van der Waals surface area contributed by atoms with Crippen LogP contribution < -0.4 is 10.6 Å². The molecule has 128 valence electrons. The number of nitrogens with zero attached hydrogens (tertiary/aromatic N) is 2. The molecule has 0 unspecified atom stereocenters. The Morgan fingerprint density at radius 2 is 2.04 bits per heavy atom. The molecule has 1 aromatic heterocycles. The Balaban J connectivity index is 1.84. The van der Waals surface area contributed by atoms with E-state index in [1.165, 1.54) is 0 Å². The molecule has 1 heterocycles. The van der Waals surface area contributed by atoms with Crippen LogP contribution in [0.1, 0.15) is 15.9 Å². The van der Waals surface area contributed by atoms with Gasteiger partial charge in [-0.25, -0.2) is 4.98 Å². The van der Waals surface area contributed by atoms with E-state index < -0.39 is 0 Å². The van der Waals surface area contributed by atoms with Gasteiger partial charge in [0.05, 0.1) is 0 Å². The Hall–Kier alpha value is -2.11. The van der Waals surface area contributed by atoms with E-state index in [9.17, 15) is 4.79 Å². The molecule has 0 aliphatic rings. The van der Waals surface area contributed by atoms with E-state index >= 15 is 0 Å². The normalized spacial score (nSPS) is 10.7. The number of pyridine rings is 1. The van der Waals surface area contributed by atoms with Crippen LogP contribution in [-0.2, 0) is 6.42 Å². The number of benzene rings is 1. The smallest absolute Gasteiger partial charge is 0.251 e. The lowest BCUT2D eigenvalue weighted by Gasteiger charge is -2.11. The molecule has 0 radical (unpaired) electrons. The highest BCUT2D eigenvalue weighted by Gasteiger charge is 2.06. The van der Waals surface area contributed by atoms with Crippen molar-refractivity contribution in [2.45, 2.75) is 6.42 Å². The lowest BCUT2D eigenvalue weighted by atomic mass is 10.1. The molecule has 2 aromatic rings. The fourth-order valence-corrected chi connectivity index (χ4v) is 2.40. The van der Waals surface area contributed by atoms with Crippen LogP contribution in [0.4, 0.5) is 5.82 Å². The van der Waals surface area contributed by atoms with E-state index in [0.717, 1.165) is 30.1 Å². The second-order valence-corrected chi connectivity index (χ2v) is 6.23. The zero-order valence-corrected chi connectivity index (χ0v) is 14.8. The van der Waals surface area contributed by atoms with Crippen LogP contribution in [0, 0.1) is 0 Å². The monoisotopic (exact) mass is 346 g/mol. The van der Waals surface area contributed by atoms with Gasteiger partial charge in [-0.1, -0.05) is 23.7 Å². The predicted molar refractivity (Wildman–Crippen MR) is 98.8 cm³/mol. The number of hydrogen-bond donors (Lipinski definition) is 2. The number of aromatic nitrogens is 1. The van der Waals surface area contributed by atoms with Gasteiger partial charge in [0.15, 0.2) is 0 Å². The SMILES string of the molecule is CN(C)CCNC(=O)c1ccnc(NCCc2cccc(Cl)c2)c1. The summed E-state index contributed by atoms with van der Waals surface area (Å²) in [7, 11) is 3.95. The third kappa shape index (κ3) is 6.18. The van der Waals surface area contributed by atoms with Crippen LogP contribution in [0.25, 0.3) is 0 Å². The maximum Gasteiger partial charge on any atom is 0.251 e. The van der Waals surface area contributed by atoms with Crippen LogP contribution in [0.5, 0.6) is 0 Å². The molecule has 0 fully saturated rings. The Morgan fingerprint density at radius 3 is 2.79 bits per heavy atom. The number of nitrogens with one attached hydrogen (secondary N) is 2. The molecule has 5 nitrogen and oxygen atoms in total. The molecule has 0 saturated heterocycles. The molecule has 1 amide bonds. The van der Waals surface area contributed by atoms with Crippen molar-refractivity contribution in [3.63, 3.8) is 0 Å². The van der Waals surface area contributed by atoms with Gasteiger partial charge in [0.25, 0.3) is 5.91 Å². The molecule has 0 aliphatic carbocycles. The maximum absolute atomic E-state index is 12.1. The van der Waals surface area contributed by atoms with Gasteiger partial charge in [-0.3, -0.25) is 4.79 Å². The zero-order chi connectivity index (χ0) is 17.4. The summed E-state index contributed by atoms with van der Waals surface area (Å²) in [6, 6.07) is 11.3. The molecule has 6 heteroatoms. The van der Waals surface area contributed by atoms with Gasteiger partial charge < -0.3 is 15.5 Å². The van der Waals surface area contributed by atoms with Crippen molar-refractivity contribution >= 4 is 23.3 Å². The molecule has 0 aliphatic heterocycles. The molecule has 0 saturated carbocycles. The first-order chi connectivity index (χ1) is 11.5.